The van der Waals surface area contributed by atoms with Crippen LogP contribution in [0.3, 0.4) is 0 Å². The van der Waals surface area contributed by atoms with Crippen molar-refractivity contribution in [3.8, 4) is 5.69 Å². The van der Waals surface area contributed by atoms with Gasteiger partial charge in [0.15, 0.2) is 16.6 Å². The monoisotopic (exact) mass is 382 g/mol. The molecule has 0 unspecified atom stereocenters. The number of fused-ring (bicyclic) bond motifs is 1. The summed E-state index contributed by atoms with van der Waals surface area (Å²) in [6.07, 6.45) is 5.21. The first-order valence-corrected chi connectivity index (χ1v) is 9.34. The molecule has 136 valence electrons. The number of nitrogens with one attached hydrogen (secondary N) is 1. The number of carbonyl (C=O) groups is 1. The maximum atomic E-state index is 13.3. The molecule has 3 heterocycles. The summed E-state index contributed by atoms with van der Waals surface area (Å²) in [6.45, 7) is 0.215. The minimum atomic E-state index is -0.339. The number of halogens is 1. The van der Waals surface area contributed by atoms with Crippen molar-refractivity contribution >= 4 is 23.3 Å². The van der Waals surface area contributed by atoms with Gasteiger partial charge in [-0.1, -0.05) is 17.8 Å². The highest BCUT2D eigenvalue weighted by Gasteiger charge is 2.18. The van der Waals surface area contributed by atoms with Gasteiger partial charge < -0.3 is 5.32 Å². The number of thioether (sulfide) groups is 1. The van der Waals surface area contributed by atoms with Gasteiger partial charge >= 0.3 is 0 Å². The maximum absolute atomic E-state index is 13.3. The first-order chi connectivity index (χ1) is 13.2. The van der Waals surface area contributed by atoms with Crippen LogP contribution in [-0.4, -0.2) is 36.3 Å². The topological polar surface area (TPSA) is 77.1 Å². The molecule has 0 saturated heterocycles. The molecule has 0 aliphatic heterocycles. The maximum Gasteiger partial charge on any atom is 0.270 e. The van der Waals surface area contributed by atoms with E-state index >= 15 is 0 Å². The summed E-state index contributed by atoms with van der Waals surface area (Å²) >= 11 is 1.40. The van der Waals surface area contributed by atoms with Crippen LogP contribution in [0.2, 0.25) is 0 Å². The van der Waals surface area contributed by atoms with E-state index in [1.54, 1.807) is 16.7 Å². The van der Waals surface area contributed by atoms with Crippen LogP contribution in [0.4, 0.5) is 4.39 Å². The largest absolute Gasteiger partial charge is 0.343 e. The molecule has 4 rings (SSSR count). The quantitative estimate of drug-likeness (QED) is 0.537. The van der Waals surface area contributed by atoms with Crippen LogP contribution in [0, 0.1) is 5.82 Å². The molecule has 0 spiro atoms. The molecule has 27 heavy (non-hydrogen) atoms. The predicted molar refractivity (Wildman–Crippen MR) is 99.5 cm³/mol. The summed E-state index contributed by atoms with van der Waals surface area (Å²) in [7, 11) is 0. The normalized spacial score (nSPS) is 11.0. The van der Waals surface area contributed by atoms with E-state index < -0.39 is 0 Å². The van der Waals surface area contributed by atoms with Gasteiger partial charge in [0.2, 0.25) is 0 Å². The summed E-state index contributed by atoms with van der Waals surface area (Å²) in [5.74, 6) is -0.0223. The second kappa shape index (κ2) is 7.20. The van der Waals surface area contributed by atoms with Crippen LogP contribution < -0.4 is 5.32 Å². The highest BCUT2D eigenvalue weighted by atomic mass is 32.2. The number of rotatable bonds is 5. The number of carbonyl (C=O) groups excluding carboxylic acids is 1. The Kier molecular flexibility index (Phi) is 4.59. The van der Waals surface area contributed by atoms with Crippen molar-refractivity contribution < 1.29 is 9.18 Å². The van der Waals surface area contributed by atoms with Crippen molar-refractivity contribution in [3.63, 3.8) is 0 Å². The van der Waals surface area contributed by atoms with Crippen LogP contribution in [-0.2, 0) is 6.54 Å². The lowest BCUT2D eigenvalue weighted by Gasteiger charge is -2.11. The Morgan fingerprint density at radius 3 is 2.78 bits per heavy atom. The fraction of sp³-hybridized carbons (Fsp3) is 0.111. The van der Waals surface area contributed by atoms with Crippen molar-refractivity contribution in [1.82, 2.24) is 29.5 Å². The molecule has 7 nitrogen and oxygen atoms in total. The van der Waals surface area contributed by atoms with Gasteiger partial charge in [-0.05, 0) is 42.7 Å². The van der Waals surface area contributed by atoms with Gasteiger partial charge in [-0.3, -0.25) is 13.8 Å². The van der Waals surface area contributed by atoms with Gasteiger partial charge in [-0.15, -0.1) is 10.2 Å². The second-order valence-corrected chi connectivity index (χ2v) is 6.44. The van der Waals surface area contributed by atoms with Gasteiger partial charge in [-0.25, -0.2) is 9.37 Å². The number of amides is 1. The molecule has 3 aromatic heterocycles. The fourth-order valence-electron chi connectivity index (χ4n) is 2.74. The number of benzene rings is 1. The zero-order valence-corrected chi connectivity index (χ0v) is 15.2. The number of hydrogen-bond donors (Lipinski definition) is 1. The molecule has 0 atom stereocenters. The zero-order valence-electron chi connectivity index (χ0n) is 14.3. The smallest absolute Gasteiger partial charge is 0.270 e. The zero-order chi connectivity index (χ0) is 18.8. The summed E-state index contributed by atoms with van der Waals surface area (Å²) in [6, 6.07) is 11.5. The highest BCUT2D eigenvalue weighted by molar-refractivity contribution is 7.98. The number of hydrogen-bond acceptors (Lipinski definition) is 5. The number of pyridine rings is 1. The average Bonchev–Trinajstić information content (AvgIpc) is 3.31. The van der Waals surface area contributed by atoms with Crippen molar-refractivity contribution in [3.05, 3.63) is 72.2 Å². The van der Waals surface area contributed by atoms with Crippen LogP contribution in [0.1, 0.15) is 16.3 Å². The molecule has 1 N–H and O–H groups in total. The lowest BCUT2D eigenvalue weighted by Crippen LogP contribution is -2.26. The molecule has 0 bridgehead atoms. The molecule has 0 saturated carbocycles. The van der Waals surface area contributed by atoms with Crippen LogP contribution >= 0.6 is 11.8 Å². The predicted octanol–water partition coefficient (Wildman–Crippen LogP) is 2.71. The molecule has 1 amide bonds. The standard InChI is InChI=1S/C18H15FN6OS/c1-27-18-21-10-14(25(18)13-7-5-12(19)6-8-13)17(26)20-11-16-23-22-15-4-2-3-9-24(15)16/h2-10H,11H2,1H3,(H,20,26). The Balaban J connectivity index is 1.60. The van der Waals surface area contributed by atoms with Gasteiger partial charge in [0.1, 0.15) is 11.5 Å². The van der Waals surface area contributed by atoms with Crippen molar-refractivity contribution in [1.29, 1.82) is 0 Å². The molecule has 0 aliphatic rings. The molecule has 0 fully saturated rings. The summed E-state index contributed by atoms with van der Waals surface area (Å²) in [4.78, 5) is 17.0. The Labute approximate surface area is 158 Å². The van der Waals surface area contributed by atoms with Crippen LogP contribution in [0.5, 0.6) is 0 Å². The third kappa shape index (κ3) is 3.28. The minimum Gasteiger partial charge on any atom is -0.343 e. The fourth-order valence-corrected chi connectivity index (χ4v) is 3.28. The molecule has 4 aromatic rings. The number of aromatic nitrogens is 5. The van der Waals surface area contributed by atoms with Gasteiger partial charge in [-0.2, -0.15) is 0 Å². The minimum absolute atomic E-state index is 0.215. The van der Waals surface area contributed by atoms with E-state index in [2.05, 4.69) is 20.5 Å². The van der Waals surface area contributed by atoms with Crippen LogP contribution in [0.15, 0.2) is 60.0 Å². The van der Waals surface area contributed by atoms with E-state index in [1.807, 2.05) is 35.1 Å². The number of imidazole rings is 1. The van der Waals surface area contributed by atoms with Crippen molar-refractivity contribution in [2.24, 2.45) is 0 Å². The van der Waals surface area contributed by atoms with E-state index in [0.29, 0.717) is 28.0 Å². The Morgan fingerprint density at radius 1 is 1.19 bits per heavy atom. The van der Waals surface area contributed by atoms with Gasteiger partial charge in [0.05, 0.1) is 12.7 Å². The van der Waals surface area contributed by atoms with Crippen molar-refractivity contribution in [2.75, 3.05) is 6.26 Å². The van der Waals surface area contributed by atoms with Crippen molar-refractivity contribution in [2.45, 2.75) is 11.7 Å². The van der Waals surface area contributed by atoms with E-state index in [4.69, 9.17) is 0 Å². The SMILES string of the molecule is CSc1ncc(C(=O)NCc2nnc3ccccn23)n1-c1ccc(F)cc1. The first kappa shape index (κ1) is 17.2. The lowest BCUT2D eigenvalue weighted by atomic mass is 10.3. The first-order valence-electron chi connectivity index (χ1n) is 8.12. The molecular weight excluding hydrogens is 367 g/mol. The molecule has 0 aliphatic carbocycles. The van der Waals surface area contributed by atoms with Crippen LogP contribution in [0.25, 0.3) is 11.3 Å². The van der Waals surface area contributed by atoms with E-state index in [9.17, 15) is 9.18 Å². The molecule has 0 radical (unpaired) electrons. The average molecular weight is 382 g/mol. The second-order valence-electron chi connectivity index (χ2n) is 5.67. The molecule has 1 aromatic carbocycles. The third-order valence-corrected chi connectivity index (χ3v) is 4.67. The number of nitrogens with zero attached hydrogens (tertiary/aromatic N) is 5. The van der Waals surface area contributed by atoms with E-state index in [1.165, 1.54) is 30.1 Å². The Morgan fingerprint density at radius 2 is 2.00 bits per heavy atom. The summed E-state index contributed by atoms with van der Waals surface area (Å²) < 4.78 is 16.8. The van der Waals surface area contributed by atoms with Gasteiger partial charge in [0, 0.05) is 11.9 Å². The lowest BCUT2D eigenvalue weighted by molar-refractivity contribution is 0.0942. The summed E-state index contributed by atoms with van der Waals surface area (Å²) in [5, 5.41) is 11.7. The van der Waals surface area contributed by atoms with E-state index in [-0.39, 0.29) is 18.3 Å². The highest BCUT2D eigenvalue weighted by Crippen LogP contribution is 2.22. The summed E-state index contributed by atoms with van der Waals surface area (Å²) in [5.41, 5.74) is 1.74. The third-order valence-electron chi connectivity index (χ3n) is 4.02. The Bertz CT molecular complexity index is 1100. The molecule has 9 heteroatoms. The van der Waals surface area contributed by atoms with E-state index in [0.717, 1.165) is 0 Å². The Hall–Kier alpha value is -3.20. The molecular formula is C18H15FN6OS. The van der Waals surface area contributed by atoms with Gasteiger partial charge in [0.25, 0.3) is 5.91 Å².